The zero-order chi connectivity index (χ0) is 15.1. The van der Waals surface area contributed by atoms with E-state index in [1.807, 2.05) is 6.92 Å². The van der Waals surface area contributed by atoms with Crippen LogP contribution in [0.15, 0.2) is 6.33 Å². The molecular formula is C11H17N7O3. The van der Waals surface area contributed by atoms with Crippen LogP contribution in [0.2, 0.25) is 0 Å². The first-order valence-corrected chi connectivity index (χ1v) is 6.48. The maximum absolute atomic E-state index is 10.0. The van der Waals surface area contributed by atoms with Crippen LogP contribution in [-0.4, -0.2) is 48.5 Å². The van der Waals surface area contributed by atoms with E-state index in [1.165, 1.54) is 6.33 Å². The number of hydrogen-bond acceptors (Lipinski definition) is 9. The molecule has 2 aromatic rings. The summed E-state index contributed by atoms with van der Waals surface area (Å²) >= 11 is 0. The first kappa shape index (κ1) is 13.9. The summed E-state index contributed by atoms with van der Waals surface area (Å²) < 4.78 is 7.32. The number of ether oxygens (including phenoxy) is 1. The molecule has 4 atom stereocenters. The highest BCUT2D eigenvalue weighted by molar-refractivity contribution is 5.82. The van der Waals surface area contributed by atoms with Crippen molar-refractivity contribution in [3.8, 4) is 0 Å². The zero-order valence-electron chi connectivity index (χ0n) is 11.3. The molecule has 1 aliphatic heterocycles. The first-order valence-electron chi connectivity index (χ1n) is 6.48. The minimum atomic E-state index is -0.774. The van der Waals surface area contributed by atoms with Gasteiger partial charge >= 0.3 is 0 Å². The predicted octanol–water partition coefficient (Wildman–Crippen LogP) is -1.42. The monoisotopic (exact) mass is 295 g/mol. The van der Waals surface area contributed by atoms with E-state index >= 15 is 0 Å². The van der Waals surface area contributed by atoms with Crippen molar-refractivity contribution in [2.24, 2.45) is 11.8 Å². The number of anilines is 2. The van der Waals surface area contributed by atoms with Crippen LogP contribution in [0.25, 0.3) is 11.2 Å². The summed E-state index contributed by atoms with van der Waals surface area (Å²) in [4.78, 5) is 12.3. The third-order valence-electron chi connectivity index (χ3n) is 3.72. The van der Waals surface area contributed by atoms with E-state index in [2.05, 4.69) is 20.4 Å². The second-order valence-corrected chi connectivity index (χ2v) is 5.00. The number of nitrogens with zero attached hydrogens (tertiary/aromatic N) is 4. The Labute approximate surface area is 119 Å². The maximum Gasteiger partial charge on any atom is 0.241 e. The lowest BCUT2D eigenvalue weighted by molar-refractivity contribution is -0.0447. The highest BCUT2D eigenvalue weighted by atomic mass is 16.5. The van der Waals surface area contributed by atoms with Crippen molar-refractivity contribution in [1.82, 2.24) is 19.5 Å². The second kappa shape index (κ2) is 5.07. The van der Waals surface area contributed by atoms with Crippen LogP contribution in [0.3, 0.4) is 0 Å². The molecule has 10 heteroatoms. The summed E-state index contributed by atoms with van der Waals surface area (Å²) in [6, 6.07) is 0. The van der Waals surface area contributed by atoms with Gasteiger partial charge in [0.1, 0.15) is 17.8 Å². The van der Waals surface area contributed by atoms with Crippen LogP contribution in [0.4, 0.5) is 11.8 Å². The van der Waals surface area contributed by atoms with Crippen molar-refractivity contribution in [3.05, 3.63) is 6.33 Å². The van der Waals surface area contributed by atoms with Gasteiger partial charge in [-0.1, -0.05) is 6.92 Å². The Bertz CT molecular complexity index is 661. The van der Waals surface area contributed by atoms with E-state index in [9.17, 15) is 10.2 Å². The van der Waals surface area contributed by atoms with Crippen molar-refractivity contribution in [1.29, 1.82) is 0 Å². The summed E-state index contributed by atoms with van der Waals surface area (Å²) in [5.74, 6) is 5.42. The van der Waals surface area contributed by atoms with Crippen LogP contribution >= 0.6 is 0 Å². The standard InChI is InChI=1S/C11H17N7O3/c1-4-7(20)5(2-19)21-10(4)18-3-14-6-8(12)15-11(17-13)16-9(6)18/h3-5,7,10,19-20H,2,13H2,1H3,(H3,12,15,16,17)/t4-,5-,7+,10-/m1/s1. The Hall–Kier alpha value is -2.01. The zero-order valence-corrected chi connectivity index (χ0v) is 11.3. The molecule has 10 nitrogen and oxygen atoms in total. The number of aromatic nitrogens is 4. The summed E-state index contributed by atoms with van der Waals surface area (Å²) in [5.41, 5.74) is 9.01. The average Bonchev–Trinajstić information content (AvgIpc) is 3.02. The molecule has 1 fully saturated rings. The number of aliphatic hydroxyl groups excluding tert-OH is 2. The van der Waals surface area contributed by atoms with Gasteiger partial charge in [-0.3, -0.25) is 9.99 Å². The minimum Gasteiger partial charge on any atom is -0.394 e. The van der Waals surface area contributed by atoms with E-state index in [-0.39, 0.29) is 24.3 Å². The normalized spacial score (nSPS) is 29.1. The van der Waals surface area contributed by atoms with Crippen molar-refractivity contribution < 1.29 is 14.9 Å². The Balaban J connectivity index is 2.07. The van der Waals surface area contributed by atoms with Crippen LogP contribution in [0.1, 0.15) is 13.2 Å². The lowest BCUT2D eigenvalue weighted by Crippen LogP contribution is -2.28. The molecule has 0 amide bonds. The molecule has 0 spiro atoms. The molecule has 3 rings (SSSR count). The highest BCUT2D eigenvalue weighted by Gasteiger charge is 2.42. The molecule has 0 radical (unpaired) electrons. The van der Waals surface area contributed by atoms with Gasteiger partial charge in [-0.15, -0.1) is 0 Å². The van der Waals surface area contributed by atoms with Crippen molar-refractivity contribution >= 4 is 22.9 Å². The summed E-state index contributed by atoms with van der Waals surface area (Å²) in [6.07, 6.45) is -0.413. The van der Waals surface area contributed by atoms with Gasteiger partial charge in [0.25, 0.3) is 0 Å². The van der Waals surface area contributed by atoms with Crippen LogP contribution < -0.4 is 17.0 Å². The molecule has 0 aliphatic carbocycles. The number of hydrogen-bond donors (Lipinski definition) is 5. The van der Waals surface area contributed by atoms with Gasteiger partial charge in [-0.2, -0.15) is 9.97 Å². The van der Waals surface area contributed by atoms with Crippen LogP contribution in [0.5, 0.6) is 0 Å². The SMILES string of the molecule is C[C@@H]1[C@H](O)[C@@H](CO)O[C@H]1n1cnc2c(N)nc(NN)nc21. The van der Waals surface area contributed by atoms with Crippen molar-refractivity contribution in [2.75, 3.05) is 17.8 Å². The summed E-state index contributed by atoms with van der Waals surface area (Å²) in [6.45, 7) is 1.56. The fraction of sp³-hybridized carbons (Fsp3) is 0.545. The Kier molecular flexibility index (Phi) is 3.37. The Morgan fingerprint density at radius 3 is 2.86 bits per heavy atom. The highest BCUT2D eigenvalue weighted by Crippen LogP contribution is 2.36. The molecule has 2 aromatic heterocycles. The van der Waals surface area contributed by atoms with Crippen LogP contribution in [0, 0.1) is 5.92 Å². The van der Waals surface area contributed by atoms with E-state index < -0.39 is 18.4 Å². The molecule has 0 unspecified atom stereocenters. The number of rotatable bonds is 3. The van der Waals surface area contributed by atoms with E-state index in [0.717, 1.165) is 0 Å². The number of nitrogens with two attached hydrogens (primary N) is 2. The van der Waals surface area contributed by atoms with Gasteiger partial charge in [0.2, 0.25) is 5.95 Å². The number of nitrogen functional groups attached to an aromatic ring is 2. The molecular weight excluding hydrogens is 278 g/mol. The van der Waals surface area contributed by atoms with Crippen molar-refractivity contribution in [2.45, 2.75) is 25.4 Å². The number of nitrogens with one attached hydrogen (secondary N) is 1. The van der Waals surface area contributed by atoms with E-state index in [4.69, 9.17) is 16.3 Å². The topological polar surface area (TPSA) is 157 Å². The predicted molar refractivity (Wildman–Crippen MR) is 73.7 cm³/mol. The van der Waals surface area contributed by atoms with Crippen LogP contribution in [-0.2, 0) is 4.74 Å². The number of imidazole rings is 1. The first-order chi connectivity index (χ1) is 10.1. The van der Waals surface area contributed by atoms with Gasteiger partial charge in [-0.25, -0.2) is 10.8 Å². The third kappa shape index (κ3) is 2.08. The third-order valence-corrected chi connectivity index (χ3v) is 3.72. The smallest absolute Gasteiger partial charge is 0.241 e. The molecule has 3 heterocycles. The number of hydrazine groups is 1. The minimum absolute atomic E-state index is 0.159. The molecule has 7 N–H and O–H groups in total. The molecule has 0 saturated carbocycles. The van der Waals surface area contributed by atoms with Crippen molar-refractivity contribution in [3.63, 3.8) is 0 Å². The lowest BCUT2D eigenvalue weighted by atomic mass is 10.0. The molecule has 21 heavy (non-hydrogen) atoms. The molecule has 1 aliphatic rings. The fourth-order valence-corrected chi connectivity index (χ4v) is 2.55. The lowest BCUT2D eigenvalue weighted by Gasteiger charge is -2.17. The van der Waals surface area contributed by atoms with Gasteiger partial charge in [-0.05, 0) is 0 Å². The average molecular weight is 295 g/mol. The number of fused-ring (bicyclic) bond motifs is 1. The van der Waals surface area contributed by atoms with Gasteiger partial charge in [0.15, 0.2) is 11.5 Å². The largest absolute Gasteiger partial charge is 0.394 e. The molecule has 114 valence electrons. The molecule has 0 bridgehead atoms. The summed E-state index contributed by atoms with van der Waals surface area (Å²) in [5, 5.41) is 19.3. The molecule has 1 saturated heterocycles. The maximum atomic E-state index is 10.0. The number of aliphatic hydroxyl groups is 2. The van der Waals surface area contributed by atoms with Gasteiger partial charge in [0, 0.05) is 5.92 Å². The van der Waals surface area contributed by atoms with E-state index in [0.29, 0.717) is 11.2 Å². The Morgan fingerprint density at radius 1 is 1.48 bits per heavy atom. The molecule has 0 aromatic carbocycles. The summed E-state index contributed by atoms with van der Waals surface area (Å²) in [7, 11) is 0. The quantitative estimate of drug-likeness (QED) is 0.338. The van der Waals surface area contributed by atoms with Gasteiger partial charge < -0.3 is 20.7 Å². The fourth-order valence-electron chi connectivity index (χ4n) is 2.55. The Morgan fingerprint density at radius 2 is 2.24 bits per heavy atom. The second-order valence-electron chi connectivity index (χ2n) is 5.00. The van der Waals surface area contributed by atoms with Gasteiger partial charge in [0.05, 0.1) is 19.0 Å². The van der Waals surface area contributed by atoms with E-state index in [1.54, 1.807) is 4.57 Å².